The van der Waals surface area contributed by atoms with E-state index in [0.717, 1.165) is 6.67 Å². The van der Waals surface area contributed by atoms with Crippen molar-refractivity contribution in [2.75, 3.05) is 23.0 Å². The molecule has 2 nitrogen and oxygen atoms in total. The maximum atomic E-state index is 2.61. The zero-order valence-electron chi connectivity index (χ0n) is 14.7. The van der Waals surface area contributed by atoms with Crippen LogP contribution in [0.25, 0.3) is 0 Å². The molecule has 0 spiro atoms. The summed E-state index contributed by atoms with van der Waals surface area (Å²) in [6.07, 6.45) is 2.48. The first kappa shape index (κ1) is 14.6. The lowest BCUT2D eigenvalue weighted by Crippen LogP contribution is -2.55. The predicted octanol–water partition coefficient (Wildman–Crippen LogP) is 4.77. The van der Waals surface area contributed by atoms with Crippen molar-refractivity contribution < 1.29 is 0 Å². The van der Waals surface area contributed by atoms with Gasteiger partial charge in [0, 0.05) is 23.5 Å². The van der Waals surface area contributed by atoms with Gasteiger partial charge in [-0.2, -0.15) is 0 Å². The van der Waals surface area contributed by atoms with E-state index in [0.29, 0.717) is 0 Å². The molecule has 0 aliphatic carbocycles. The minimum absolute atomic E-state index is 0.00998. The Morgan fingerprint density at radius 3 is 2.35 bits per heavy atom. The van der Waals surface area contributed by atoms with Gasteiger partial charge in [-0.15, -0.1) is 0 Å². The van der Waals surface area contributed by atoms with Gasteiger partial charge >= 0.3 is 0 Å². The maximum absolute atomic E-state index is 2.61. The van der Waals surface area contributed by atoms with Crippen molar-refractivity contribution in [3.8, 4) is 0 Å². The van der Waals surface area contributed by atoms with Crippen LogP contribution in [0.15, 0.2) is 36.4 Å². The van der Waals surface area contributed by atoms with Gasteiger partial charge in [0.2, 0.25) is 0 Å². The van der Waals surface area contributed by atoms with Gasteiger partial charge in [-0.05, 0) is 57.2 Å². The fraction of sp³-hybridized carbons (Fsp3) is 0.429. The van der Waals surface area contributed by atoms with Crippen LogP contribution in [0.4, 0.5) is 11.4 Å². The van der Waals surface area contributed by atoms with E-state index in [9.17, 15) is 0 Å². The first-order valence-electron chi connectivity index (χ1n) is 8.71. The highest BCUT2D eigenvalue weighted by Crippen LogP contribution is 2.46. The number of anilines is 2. The smallest absolute Gasteiger partial charge is 0.0911 e. The molecule has 0 N–H and O–H groups in total. The number of aryl methyl sites for hydroxylation is 3. The zero-order valence-corrected chi connectivity index (χ0v) is 14.7. The fourth-order valence-electron chi connectivity index (χ4n) is 4.45. The number of rotatable bonds is 1. The van der Waals surface area contributed by atoms with Gasteiger partial charge in [-0.1, -0.05) is 36.4 Å². The molecule has 0 fully saturated rings. The number of hydrogen-bond acceptors (Lipinski definition) is 2. The van der Waals surface area contributed by atoms with E-state index in [2.05, 4.69) is 73.9 Å². The van der Waals surface area contributed by atoms with Crippen molar-refractivity contribution in [2.24, 2.45) is 0 Å². The normalized spacial score (nSPS) is 18.8. The molecule has 2 aromatic carbocycles. The van der Waals surface area contributed by atoms with E-state index < -0.39 is 0 Å². The second-order valence-corrected chi connectivity index (χ2v) is 7.55. The lowest BCUT2D eigenvalue weighted by Gasteiger charge is -2.52. The minimum atomic E-state index is 0.00998. The molecule has 4 rings (SSSR count). The van der Waals surface area contributed by atoms with Crippen LogP contribution in [0.5, 0.6) is 0 Å². The first-order valence-corrected chi connectivity index (χ1v) is 8.71. The van der Waals surface area contributed by atoms with Crippen LogP contribution in [0.1, 0.15) is 42.5 Å². The SMILES string of the molecule is Cc1cccc(C)c1N1CN2CCCc3cccc(c32)C1(C)C. The highest BCUT2D eigenvalue weighted by atomic mass is 15.4. The van der Waals surface area contributed by atoms with E-state index in [-0.39, 0.29) is 5.54 Å². The molecule has 0 aromatic heterocycles. The zero-order chi connectivity index (χ0) is 16.2. The Balaban J connectivity index is 1.92. The predicted molar refractivity (Wildman–Crippen MR) is 98.4 cm³/mol. The van der Waals surface area contributed by atoms with Gasteiger partial charge in [-0.3, -0.25) is 0 Å². The molecule has 0 bridgehead atoms. The highest BCUT2D eigenvalue weighted by molar-refractivity contribution is 5.72. The molecular weight excluding hydrogens is 280 g/mol. The van der Waals surface area contributed by atoms with Crippen LogP contribution < -0.4 is 9.80 Å². The van der Waals surface area contributed by atoms with Crippen molar-refractivity contribution in [1.82, 2.24) is 0 Å². The second-order valence-electron chi connectivity index (χ2n) is 7.55. The van der Waals surface area contributed by atoms with Gasteiger partial charge in [0.15, 0.2) is 0 Å². The number of nitrogens with zero attached hydrogens (tertiary/aromatic N) is 2. The van der Waals surface area contributed by atoms with E-state index in [4.69, 9.17) is 0 Å². The standard InChI is InChI=1S/C21H26N2/c1-15-8-5-9-16(2)19(15)23-14-22-13-7-11-17-10-6-12-18(20(17)22)21(23,3)4/h5-6,8-10,12H,7,11,13-14H2,1-4H3. The summed E-state index contributed by atoms with van der Waals surface area (Å²) < 4.78 is 0. The van der Waals surface area contributed by atoms with Crippen molar-refractivity contribution in [3.05, 3.63) is 58.7 Å². The quantitative estimate of drug-likeness (QED) is 0.749. The molecular formula is C21H26N2. The van der Waals surface area contributed by atoms with E-state index >= 15 is 0 Å². The Labute approximate surface area is 139 Å². The number of hydrogen-bond donors (Lipinski definition) is 0. The third-order valence-corrected chi connectivity index (χ3v) is 5.67. The molecule has 2 aliphatic rings. The largest absolute Gasteiger partial charge is 0.353 e. The summed E-state index contributed by atoms with van der Waals surface area (Å²) in [4.78, 5) is 5.19. The molecule has 2 heterocycles. The molecule has 2 heteroatoms. The van der Waals surface area contributed by atoms with Crippen molar-refractivity contribution >= 4 is 11.4 Å². The molecule has 0 atom stereocenters. The molecule has 0 saturated carbocycles. The number of benzene rings is 2. The third kappa shape index (κ3) is 2.08. The van der Waals surface area contributed by atoms with Crippen LogP contribution in [-0.4, -0.2) is 13.2 Å². The van der Waals surface area contributed by atoms with Crippen LogP contribution in [-0.2, 0) is 12.0 Å². The summed E-state index contributed by atoms with van der Waals surface area (Å²) in [6.45, 7) is 11.4. The Morgan fingerprint density at radius 2 is 1.61 bits per heavy atom. The summed E-state index contributed by atoms with van der Waals surface area (Å²) in [6, 6.07) is 13.5. The Kier molecular flexibility index (Phi) is 3.19. The Hall–Kier alpha value is -1.96. The van der Waals surface area contributed by atoms with Crippen molar-refractivity contribution in [3.63, 3.8) is 0 Å². The van der Waals surface area contributed by atoms with Crippen LogP contribution in [0, 0.1) is 13.8 Å². The topological polar surface area (TPSA) is 6.48 Å². The molecule has 0 amide bonds. The molecule has 0 radical (unpaired) electrons. The second kappa shape index (κ2) is 5.02. The monoisotopic (exact) mass is 306 g/mol. The molecule has 0 saturated heterocycles. The van der Waals surface area contributed by atoms with Gasteiger partial charge in [0.25, 0.3) is 0 Å². The average Bonchev–Trinajstić information content (AvgIpc) is 2.52. The highest BCUT2D eigenvalue weighted by Gasteiger charge is 2.40. The summed E-state index contributed by atoms with van der Waals surface area (Å²) in [7, 11) is 0. The minimum Gasteiger partial charge on any atom is -0.353 e. The Bertz CT molecular complexity index is 740. The van der Waals surface area contributed by atoms with Gasteiger partial charge in [0.05, 0.1) is 12.2 Å². The van der Waals surface area contributed by atoms with Crippen molar-refractivity contribution in [1.29, 1.82) is 0 Å². The lowest BCUT2D eigenvalue weighted by atomic mass is 9.83. The molecule has 23 heavy (non-hydrogen) atoms. The molecule has 2 aliphatic heterocycles. The van der Waals surface area contributed by atoms with Crippen LogP contribution in [0.2, 0.25) is 0 Å². The summed E-state index contributed by atoms with van der Waals surface area (Å²) in [5.74, 6) is 0. The summed E-state index contributed by atoms with van der Waals surface area (Å²) >= 11 is 0. The van der Waals surface area contributed by atoms with E-state index in [1.807, 2.05) is 0 Å². The van der Waals surface area contributed by atoms with Gasteiger partial charge < -0.3 is 9.80 Å². The Morgan fingerprint density at radius 1 is 0.913 bits per heavy atom. The van der Waals surface area contributed by atoms with E-state index in [1.54, 1.807) is 0 Å². The van der Waals surface area contributed by atoms with Crippen molar-refractivity contribution in [2.45, 2.75) is 46.1 Å². The molecule has 0 unspecified atom stereocenters. The lowest BCUT2D eigenvalue weighted by molar-refractivity contribution is 0.443. The average molecular weight is 306 g/mol. The summed E-state index contributed by atoms with van der Waals surface area (Å²) in [5.41, 5.74) is 8.66. The van der Waals surface area contributed by atoms with Crippen LogP contribution >= 0.6 is 0 Å². The third-order valence-electron chi connectivity index (χ3n) is 5.67. The maximum Gasteiger partial charge on any atom is 0.0911 e. The fourth-order valence-corrected chi connectivity index (χ4v) is 4.45. The summed E-state index contributed by atoms with van der Waals surface area (Å²) in [5, 5.41) is 0. The van der Waals surface area contributed by atoms with Gasteiger partial charge in [0.1, 0.15) is 0 Å². The van der Waals surface area contributed by atoms with Crippen LogP contribution in [0.3, 0.4) is 0 Å². The number of para-hydroxylation sites is 2. The first-order chi connectivity index (χ1) is 11.0. The van der Waals surface area contributed by atoms with E-state index in [1.165, 1.54) is 53.0 Å². The molecule has 120 valence electrons. The van der Waals surface area contributed by atoms with Gasteiger partial charge in [-0.25, -0.2) is 0 Å². The molecule has 2 aromatic rings.